The molecule has 3 aromatic carbocycles. The van der Waals surface area contributed by atoms with Gasteiger partial charge in [-0.3, -0.25) is 9.78 Å². The van der Waals surface area contributed by atoms with Crippen molar-refractivity contribution in [2.45, 2.75) is 32.3 Å². The van der Waals surface area contributed by atoms with Gasteiger partial charge in [-0.2, -0.15) is 10.2 Å². The van der Waals surface area contributed by atoms with Crippen LogP contribution in [0.4, 0.5) is 0 Å². The molecule has 5 N–H and O–H groups in total. The van der Waals surface area contributed by atoms with Gasteiger partial charge in [0.15, 0.2) is 0 Å². The first-order valence-electron chi connectivity index (χ1n) is 17.2. The second-order valence-corrected chi connectivity index (χ2v) is 13.3. The Morgan fingerprint density at radius 1 is 0.836 bits per heavy atom. The van der Waals surface area contributed by atoms with Crippen molar-refractivity contribution < 1.29 is 34.3 Å². The molecule has 0 saturated carbocycles. The van der Waals surface area contributed by atoms with Crippen LogP contribution in [0, 0.1) is 11.3 Å². The molecule has 0 unspecified atom stereocenters. The zero-order valence-electron chi connectivity index (χ0n) is 29.5. The fourth-order valence-electron chi connectivity index (χ4n) is 5.46. The predicted molar refractivity (Wildman–Crippen MR) is 210 cm³/mol. The molecule has 0 saturated heterocycles. The van der Waals surface area contributed by atoms with Gasteiger partial charge in [0.2, 0.25) is 11.8 Å². The molecule has 2 aromatic heterocycles. The lowest BCUT2D eigenvalue weighted by Gasteiger charge is -2.17. The van der Waals surface area contributed by atoms with Crippen LogP contribution in [0.15, 0.2) is 85.2 Å². The fraction of sp³-hybridized carbons (Fsp3) is 0.250. The molecule has 0 fully saturated rings. The molecule has 0 amide bonds. The minimum absolute atomic E-state index is 0.000235. The van der Waals surface area contributed by atoms with Crippen molar-refractivity contribution in [1.29, 1.82) is 5.26 Å². The van der Waals surface area contributed by atoms with Crippen molar-refractivity contribution in [2.75, 3.05) is 32.8 Å². The second-order valence-electron chi connectivity index (χ2n) is 12.2. The molecule has 286 valence electrons. The number of carboxylic acids is 1. The molecular formula is C40H38Cl3N5O7. The predicted octanol–water partition coefficient (Wildman–Crippen LogP) is 6.69. The summed E-state index contributed by atoms with van der Waals surface area (Å²) < 4.78 is 17.9. The summed E-state index contributed by atoms with van der Waals surface area (Å²) in [4.78, 5) is 19.6. The van der Waals surface area contributed by atoms with E-state index in [0.29, 0.717) is 63.3 Å². The normalized spacial score (nSPS) is 11.5. The van der Waals surface area contributed by atoms with Crippen LogP contribution in [0.3, 0.4) is 0 Å². The number of aliphatic hydroxyl groups excluding tert-OH is 2. The number of ether oxygens (including phenoxy) is 3. The van der Waals surface area contributed by atoms with Crippen molar-refractivity contribution in [3.63, 3.8) is 0 Å². The Hall–Kier alpha value is -4.97. The quantitative estimate of drug-likeness (QED) is 0.0528. The summed E-state index contributed by atoms with van der Waals surface area (Å²) >= 11 is 20.6. The van der Waals surface area contributed by atoms with E-state index in [2.05, 4.69) is 20.6 Å². The van der Waals surface area contributed by atoms with Crippen molar-refractivity contribution in [3.8, 4) is 45.8 Å². The van der Waals surface area contributed by atoms with Crippen molar-refractivity contribution in [1.82, 2.24) is 20.6 Å². The van der Waals surface area contributed by atoms with Gasteiger partial charge in [-0.05, 0) is 29.8 Å². The molecule has 15 heteroatoms. The minimum atomic E-state index is -1.12. The molecule has 0 bridgehead atoms. The number of pyridine rings is 2. The first-order valence-corrected chi connectivity index (χ1v) is 18.3. The number of hydrogen-bond acceptors (Lipinski definition) is 11. The molecule has 0 aliphatic carbocycles. The summed E-state index contributed by atoms with van der Waals surface area (Å²) in [5, 5.41) is 44.3. The monoisotopic (exact) mass is 805 g/mol. The molecule has 5 rings (SSSR count). The first-order chi connectivity index (χ1) is 26.7. The van der Waals surface area contributed by atoms with E-state index in [-0.39, 0.29) is 49.7 Å². The number of nitrogens with zero attached hydrogens (tertiary/aromatic N) is 3. The molecule has 0 aliphatic heterocycles. The number of nitriles is 1. The summed E-state index contributed by atoms with van der Waals surface area (Å²) in [6, 6.07) is 24.2. The van der Waals surface area contributed by atoms with E-state index in [0.717, 1.165) is 16.7 Å². The Kier molecular flexibility index (Phi) is 15.5. The van der Waals surface area contributed by atoms with Crippen LogP contribution >= 0.6 is 34.8 Å². The van der Waals surface area contributed by atoms with Gasteiger partial charge in [0.05, 0.1) is 34.7 Å². The SMILES string of the molecule is N#Cc1cncc(COc2nc(OCc3cccc(-c4cccc(-c5ccc(OCCNCCO)cc5)c4Cl)c3Cl)c(Cl)cc2CNC[C@@H](O)CC(=O)O)c1. The number of benzene rings is 3. The van der Waals surface area contributed by atoms with E-state index in [1.54, 1.807) is 18.3 Å². The summed E-state index contributed by atoms with van der Waals surface area (Å²) in [5.74, 6) is -0.160. The summed E-state index contributed by atoms with van der Waals surface area (Å²) in [6.07, 6.45) is 1.49. The number of halogens is 3. The third-order valence-corrected chi connectivity index (χ3v) is 9.25. The Morgan fingerprint density at radius 3 is 2.31 bits per heavy atom. The third kappa shape index (κ3) is 11.8. The fourth-order valence-corrected chi connectivity index (χ4v) is 6.31. The second kappa shape index (κ2) is 20.6. The van der Waals surface area contributed by atoms with Gasteiger partial charge in [0.25, 0.3) is 0 Å². The molecule has 0 radical (unpaired) electrons. The maximum absolute atomic E-state index is 11.0. The van der Waals surface area contributed by atoms with E-state index in [1.165, 1.54) is 6.20 Å². The minimum Gasteiger partial charge on any atom is -0.492 e. The van der Waals surface area contributed by atoms with Gasteiger partial charge in [-0.25, -0.2) is 0 Å². The number of rotatable bonds is 20. The van der Waals surface area contributed by atoms with Crippen molar-refractivity contribution in [3.05, 3.63) is 123 Å². The molecule has 5 aromatic rings. The summed E-state index contributed by atoms with van der Waals surface area (Å²) in [5.41, 5.74) is 5.32. The van der Waals surface area contributed by atoms with Crippen LogP contribution in [-0.4, -0.2) is 70.2 Å². The Morgan fingerprint density at radius 2 is 1.56 bits per heavy atom. The Balaban J connectivity index is 1.32. The molecule has 2 heterocycles. The van der Waals surface area contributed by atoms with Gasteiger partial charge in [0, 0.05) is 72.0 Å². The van der Waals surface area contributed by atoms with Gasteiger partial charge in [0.1, 0.15) is 36.7 Å². The van der Waals surface area contributed by atoms with E-state index >= 15 is 0 Å². The summed E-state index contributed by atoms with van der Waals surface area (Å²) in [7, 11) is 0. The molecular weight excluding hydrogens is 769 g/mol. The average Bonchev–Trinajstić information content (AvgIpc) is 3.18. The number of aromatic nitrogens is 2. The number of nitrogens with one attached hydrogen (secondary N) is 2. The van der Waals surface area contributed by atoms with Crippen LogP contribution in [0.1, 0.15) is 28.7 Å². The number of aliphatic hydroxyl groups is 2. The smallest absolute Gasteiger partial charge is 0.306 e. The van der Waals surface area contributed by atoms with E-state index in [4.69, 9.17) is 59.2 Å². The molecule has 0 spiro atoms. The third-order valence-electron chi connectivity index (χ3n) is 8.12. The lowest BCUT2D eigenvalue weighted by Crippen LogP contribution is -2.28. The van der Waals surface area contributed by atoms with Gasteiger partial charge in [-0.1, -0.05) is 83.3 Å². The standard InChI is InChI=1S/C40H38Cl3N5O7/c41-35-16-29(21-47-22-30(50)17-36(51)52)39(54-23-26-15-25(18-44)19-46-20-26)48-40(35)55-24-28-3-1-5-33(37(28)42)34-6-2-4-32(38(34)43)27-7-9-31(10-8-27)53-14-12-45-11-13-49/h1-10,15-16,19-20,30,45,47,49-50H,11-14,17,21-24H2,(H,51,52)/t30-/m0/s1. The molecule has 1 atom stereocenters. The molecule has 55 heavy (non-hydrogen) atoms. The van der Waals surface area contributed by atoms with Gasteiger partial charge >= 0.3 is 5.97 Å². The van der Waals surface area contributed by atoms with Crippen LogP contribution in [0.25, 0.3) is 22.3 Å². The van der Waals surface area contributed by atoms with Crippen LogP contribution in [0.2, 0.25) is 15.1 Å². The van der Waals surface area contributed by atoms with Crippen molar-refractivity contribution >= 4 is 40.8 Å². The maximum atomic E-state index is 11.0. The number of hydrogen-bond donors (Lipinski definition) is 5. The molecule has 12 nitrogen and oxygen atoms in total. The van der Waals surface area contributed by atoms with E-state index < -0.39 is 18.5 Å². The zero-order valence-corrected chi connectivity index (χ0v) is 31.7. The lowest BCUT2D eigenvalue weighted by molar-refractivity contribution is -0.139. The number of carboxylic acid groups (broad SMARTS) is 1. The average molecular weight is 807 g/mol. The lowest BCUT2D eigenvalue weighted by atomic mass is 9.97. The van der Waals surface area contributed by atoms with Gasteiger partial charge in [-0.15, -0.1) is 0 Å². The van der Waals surface area contributed by atoms with Crippen LogP contribution in [0.5, 0.6) is 17.5 Å². The summed E-state index contributed by atoms with van der Waals surface area (Å²) in [6.45, 7) is 1.85. The van der Waals surface area contributed by atoms with Crippen LogP contribution in [-0.2, 0) is 24.6 Å². The molecule has 0 aliphatic rings. The highest BCUT2D eigenvalue weighted by Crippen LogP contribution is 2.41. The van der Waals surface area contributed by atoms with Gasteiger partial charge < -0.3 is 40.2 Å². The van der Waals surface area contributed by atoms with Crippen molar-refractivity contribution in [2.24, 2.45) is 0 Å². The van der Waals surface area contributed by atoms with Crippen LogP contribution < -0.4 is 24.8 Å². The Bertz CT molecular complexity index is 2120. The highest BCUT2D eigenvalue weighted by Gasteiger charge is 2.18. The maximum Gasteiger partial charge on any atom is 0.306 e. The highest BCUT2D eigenvalue weighted by molar-refractivity contribution is 6.38. The van der Waals surface area contributed by atoms with E-state index in [9.17, 15) is 15.2 Å². The highest BCUT2D eigenvalue weighted by atomic mass is 35.5. The zero-order chi connectivity index (χ0) is 39.2. The van der Waals surface area contributed by atoms with E-state index in [1.807, 2.05) is 66.7 Å². The topological polar surface area (TPSA) is 179 Å². The Labute approximate surface area is 333 Å². The largest absolute Gasteiger partial charge is 0.492 e. The number of aliphatic carboxylic acids is 1. The number of carbonyl (C=O) groups is 1. The first kappa shape index (κ1) is 41.2.